The number of carbonyl (C=O) groups is 2. The lowest BCUT2D eigenvalue weighted by Crippen LogP contribution is -2.38. The maximum Gasteiger partial charge on any atom is 0.264 e. The van der Waals surface area contributed by atoms with Crippen LogP contribution in [0.15, 0.2) is 102 Å². The van der Waals surface area contributed by atoms with Gasteiger partial charge in [0.1, 0.15) is 6.54 Å². The van der Waals surface area contributed by atoms with Gasteiger partial charge in [-0.2, -0.15) is 0 Å². The van der Waals surface area contributed by atoms with E-state index in [4.69, 9.17) is 23.2 Å². The molecular weight excluding hydrogens is 569 g/mol. The minimum atomic E-state index is -4.22. The minimum Gasteiger partial charge on any atom is -0.345 e. The highest BCUT2D eigenvalue weighted by Crippen LogP contribution is 2.33. The summed E-state index contributed by atoms with van der Waals surface area (Å²) in [6.07, 6.45) is 0. The number of anilines is 2. The summed E-state index contributed by atoms with van der Waals surface area (Å²) < 4.78 is 28.3. The van der Waals surface area contributed by atoms with Crippen LogP contribution in [0.25, 0.3) is 0 Å². The van der Waals surface area contributed by atoms with Crippen LogP contribution in [0.5, 0.6) is 0 Å². The molecule has 7 nitrogen and oxygen atoms in total. The van der Waals surface area contributed by atoms with Gasteiger partial charge < -0.3 is 10.6 Å². The Labute approximate surface area is 243 Å². The molecule has 0 fully saturated rings. The Hall–Kier alpha value is -3.85. The first-order valence-electron chi connectivity index (χ1n) is 12.4. The molecule has 0 saturated heterocycles. The Morgan fingerprint density at radius 2 is 1.52 bits per heavy atom. The standard InChI is InChI=1S/C30H27Cl2N3O4S/c1-20-12-15-24(16-13-20)40(38,39)35(28-18-23(31)14-17-26(28)32)19-29(36)34-27-11-7-6-10-25(27)30(37)33-21(2)22-8-4-3-5-9-22/h3-18,21H,19H2,1-2H3,(H,33,37)(H,34,36)/t21-/m0/s1. The average Bonchev–Trinajstić information content (AvgIpc) is 2.94. The van der Waals surface area contributed by atoms with E-state index in [-0.39, 0.29) is 37.9 Å². The van der Waals surface area contributed by atoms with Crippen LogP contribution in [0.2, 0.25) is 10.0 Å². The van der Waals surface area contributed by atoms with Crippen molar-refractivity contribution in [3.8, 4) is 0 Å². The number of aryl methyl sites for hydroxylation is 1. The molecule has 4 aromatic rings. The van der Waals surface area contributed by atoms with Gasteiger partial charge in [0, 0.05) is 5.02 Å². The lowest BCUT2D eigenvalue weighted by Gasteiger charge is -2.25. The highest BCUT2D eigenvalue weighted by molar-refractivity contribution is 7.92. The fourth-order valence-corrected chi connectivity index (χ4v) is 5.89. The van der Waals surface area contributed by atoms with Gasteiger partial charge in [-0.1, -0.05) is 83.4 Å². The van der Waals surface area contributed by atoms with E-state index in [2.05, 4.69) is 10.6 Å². The zero-order chi connectivity index (χ0) is 28.9. The van der Waals surface area contributed by atoms with Gasteiger partial charge in [-0.05, 0) is 61.9 Å². The Bertz CT molecular complexity index is 1630. The van der Waals surface area contributed by atoms with E-state index in [1.54, 1.807) is 36.4 Å². The maximum absolute atomic E-state index is 13.7. The zero-order valence-corrected chi connectivity index (χ0v) is 24.1. The van der Waals surface area contributed by atoms with Crippen molar-refractivity contribution in [2.75, 3.05) is 16.2 Å². The topological polar surface area (TPSA) is 95.6 Å². The van der Waals surface area contributed by atoms with Gasteiger partial charge in [0.15, 0.2) is 0 Å². The van der Waals surface area contributed by atoms with E-state index >= 15 is 0 Å². The first-order valence-corrected chi connectivity index (χ1v) is 14.5. The van der Waals surface area contributed by atoms with Crippen molar-refractivity contribution in [2.45, 2.75) is 24.8 Å². The number of benzene rings is 4. The van der Waals surface area contributed by atoms with Gasteiger partial charge in [0.05, 0.1) is 32.9 Å². The lowest BCUT2D eigenvalue weighted by molar-refractivity contribution is -0.114. The van der Waals surface area contributed by atoms with Gasteiger partial charge in [-0.25, -0.2) is 8.42 Å². The molecule has 40 heavy (non-hydrogen) atoms. The van der Waals surface area contributed by atoms with Crippen LogP contribution in [0, 0.1) is 6.92 Å². The number of carbonyl (C=O) groups excluding carboxylic acids is 2. The predicted octanol–water partition coefficient (Wildman–Crippen LogP) is 6.63. The number of halogens is 2. The SMILES string of the molecule is Cc1ccc(S(=O)(=O)N(CC(=O)Nc2ccccc2C(=O)N[C@@H](C)c2ccccc2)c2cc(Cl)ccc2Cl)cc1. The molecule has 4 aromatic carbocycles. The maximum atomic E-state index is 13.7. The van der Waals surface area contributed by atoms with Crippen LogP contribution in [0.3, 0.4) is 0 Å². The van der Waals surface area contributed by atoms with Gasteiger partial charge >= 0.3 is 0 Å². The molecule has 0 spiro atoms. The van der Waals surface area contributed by atoms with Crippen molar-refractivity contribution in [3.63, 3.8) is 0 Å². The molecule has 0 bridgehead atoms. The summed E-state index contributed by atoms with van der Waals surface area (Å²) >= 11 is 12.5. The number of hydrogen-bond acceptors (Lipinski definition) is 4. The van der Waals surface area contributed by atoms with Crippen LogP contribution in [-0.2, 0) is 14.8 Å². The normalized spacial score (nSPS) is 11.9. The van der Waals surface area contributed by atoms with Crippen molar-refractivity contribution in [3.05, 3.63) is 124 Å². The first kappa shape index (κ1) is 29.1. The second-order valence-electron chi connectivity index (χ2n) is 9.12. The number of hydrogen-bond donors (Lipinski definition) is 2. The molecule has 0 heterocycles. The van der Waals surface area contributed by atoms with Crippen molar-refractivity contribution >= 4 is 56.4 Å². The highest BCUT2D eigenvalue weighted by atomic mass is 35.5. The Balaban J connectivity index is 1.61. The summed E-state index contributed by atoms with van der Waals surface area (Å²) in [5, 5.41) is 5.97. The van der Waals surface area contributed by atoms with Crippen LogP contribution in [-0.4, -0.2) is 26.8 Å². The highest BCUT2D eigenvalue weighted by Gasteiger charge is 2.29. The third-order valence-electron chi connectivity index (χ3n) is 6.17. The Morgan fingerprint density at radius 3 is 2.23 bits per heavy atom. The molecule has 0 unspecified atom stereocenters. The summed E-state index contributed by atoms with van der Waals surface area (Å²) in [5.74, 6) is -1.07. The van der Waals surface area contributed by atoms with E-state index in [9.17, 15) is 18.0 Å². The number of nitrogens with one attached hydrogen (secondary N) is 2. The molecule has 206 valence electrons. The number of para-hydroxylation sites is 1. The summed E-state index contributed by atoms with van der Waals surface area (Å²) in [5.41, 5.74) is 2.31. The first-order chi connectivity index (χ1) is 19.1. The fourth-order valence-electron chi connectivity index (χ4n) is 4.02. The lowest BCUT2D eigenvalue weighted by atomic mass is 10.1. The van der Waals surface area contributed by atoms with Crippen LogP contribution in [0.4, 0.5) is 11.4 Å². The van der Waals surface area contributed by atoms with Gasteiger partial charge in [-0.15, -0.1) is 0 Å². The van der Waals surface area contributed by atoms with Crippen LogP contribution < -0.4 is 14.9 Å². The number of rotatable bonds is 9. The Kier molecular flexibility index (Phi) is 9.14. The van der Waals surface area contributed by atoms with Crippen molar-refractivity contribution in [1.29, 1.82) is 0 Å². The third-order valence-corrected chi connectivity index (χ3v) is 8.49. The second kappa shape index (κ2) is 12.6. The van der Waals surface area contributed by atoms with E-state index in [0.29, 0.717) is 0 Å². The smallest absolute Gasteiger partial charge is 0.264 e. The van der Waals surface area contributed by atoms with Crippen LogP contribution in [0.1, 0.15) is 34.5 Å². The van der Waals surface area contributed by atoms with E-state index in [1.165, 1.54) is 30.3 Å². The monoisotopic (exact) mass is 595 g/mol. The summed E-state index contributed by atoms with van der Waals surface area (Å²) in [4.78, 5) is 26.4. The molecule has 0 aromatic heterocycles. The fraction of sp³-hybridized carbons (Fsp3) is 0.133. The third kappa shape index (κ3) is 6.83. The molecule has 4 rings (SSSR count). The molecule has 0 aliphatic rings. The molecule has 0 saturated carbocycles. The molecule has 0 aliphatic carbocycles. The molecular formula is C30H27Cl2N3O4S. The van der Waals surface area contributed by atoms with Crippen molar-refractivity contribution < 1.29 is 18.0 Å². The molecule has 1 atom stereocenters. The van der Waals surface area contributed by atoms with E-state index in [0.717, 1.165) is 15.4 Å². The quantitative estimate of drug-likeness (QED) is 0.227. The van der Waals surface area contributed by atoms with Gasteiger partial charge in [0.2, 0.25) is 5.91 Å². The van der Waals surface area contributed by atoms with Crippen LogP contribution >= 0.6 is 23.2 Å². The van der Waals surface area contributed by atoms with E-state index in [1.807, 2.05) is 44.2 Å². The summed E-state index contributed by atoms with van der Waals surface area (Å²) in [6, 6.07) is 26.3. The molecule has 0 radical (unpaired) electrons. The number of amides is 2. The molecule has 0 aliphatic heterocycles. The molecule has 2 N–H and O–H groups in total. The summed E-state index contributed by atoms with van der Waals surface area (Å²) in [7, 11) is -4.22. The Morgan fingerprint density at radius 1 is 0.875 bits per heavy atom. The molecule has 10 heteroatoms. The minimum absolute atomic E-state index is 0.0170. The summed E-state index contributed by atoms with van der Waals surface area (Å²) in [6.45, 7) is 3.08. The largest absolute Gasteiger partial charge is 0.345 e. The zero-order valence-electron chi connectivity index (χ0n) is 21.8. The van der Waals surface area contributed by atoms with E-state index < -0.39 is 28.4 Å². The number of nitrogens with zero attached hydrogens (tertiary/aromatic N) is 1. The predicted molar refractivity (Wildman–Crippen MR) is 160 cm³/mol. The average molecular weight is 597 g/mol. The molecule has 2 amide bonds. The number of sulfonamides is 1. The van der Waals surface area contributed by atoms with Crippen molar-refractivity contribution in [2.24, 2.45) is 0 Å². The van der Waals surface area contributed by atoms with Gasteiger partial charge in [-0.3, -0.25) is 13.9 Å². The van der Waals surface area contributed by atoms with Crippen molar-refractivity contribution in [1.82, 2.24) is 5.32 Å². The second-order valence-corrected chi connectivity index (χ2v) is 11.8. The van der Waals surface area contributed by atoms with Gasteiger partial charge in [0.25, 0.3) is 15.9 Å².